The molecule has 1 saturated carbocycles. The molecule has 1 aliphatic carbocycles. The van der Waals surface area contributed by atoms with E-state index in [2.05, 4.69) is 11.4 Å². The Kier molecular flexibility index (Phi) is 2.19. The Bertz CT molecular complexity index is 487. The van der Waals surface area contributed by atoms with E-state index in [1.165, 1.54) is 12.8 Å². The SMILES string of the molecule is Clc1ccc2oc(CNC3CC3)cc2c1. The van der Waals surface area contributed by atoms with E-state index >= 15 is 0 Å². The van der Waals surface area contributed by atoms with Crippen molar-refractivity contribution < 1.29 is 4.42 Å². The Morgan fingerprint density at radius 2 is 2.20 bits per heavy atom. The summed E-state index contributed by atoms with van der Waals surface area (Å²) in [4.78, 5) is 0. The fourth-order valence-electron chi connectivity index (χ4n) is 1.69. The Labute approximate surface area is 93.2 Å². The van der Waals surface area contributed by atoms with Gasteiger partial charge < -0.3 is 9.73 Å². The van der Waals surface area contributed by atoms with Crippen LogP contribution >= 0.6 is 11.6 Å². The first-order valence-electron chi connectivity index (χ1n) is 5.22. The lowest BCUT2D eigenvalue weighted by molar-refractivity contribution is 0.512. The second-order valence-electron chi connectivity index (χ2n) is 4.05. The molecule has 0 amide bonds. The Hall–Kier alpha value is -0.990. The van der Waals surface area contributed by atoms with Gasteiger partial charge in [0.2, 0.25) is 0 Å². The van der Waals surface area contributed by atoms with Crippen molar-refractivity contribution in [1.29, 1.82) is 0 Å². The van der Waals surface area contributed by atoms with Gasteiger partial charge in [-0.15, -0.1) is 0 Å². The van der Waals surface area contributed by atoms with Crippen molar-refractivity contribution in [3.05, 3.63) is 35.0 Å². The predicted molar refractivity (Wildman–Crippen MR) is 61.1 cm³/mol. The van der Waals surface area contributed by atoms with Crippen LogP contribution in [0.3, 0.4) is 0 Å². The second-order valence-corrected chi connectivity index (χ2v) is 4.49. The maximum atomic E-state index is 5.91. The number of fused-ring (bicyclic) bond motifs is 1. The molecule has 0 bridgehead atoms. The third kappa shape index (κ3) is 2.01. The summed E-state index contributed by atoms with van der Waals surface area (Å²) in [5, 5.41) is 5.26. The summed E-state index contributed by atoms with van der Waals surface area (Å²) in [5.74, 6) is 0.985. The molecule has 0 saturated heterocycles. The zero-order valence-electron chi connectivity index (χ0n) is 8.29. The van der Waals surface area contributed by atoms with Crippen LogP contribution in [0.2, 0.25) is 5.02 Å². The highest BCUT2D eigenvalue weighted by Crippen LogP contribution is 2.24. The van der Waals surface area contributed by atoms with Crippen molar-refractivity contribution >= 4 is 22.6 Å². The Morgan fingerprint density at radius 1 is 1.33 bits per heavy atom. The van der Waals surface area contributed by atoms with Crippen LogP contribution in [0.25, 0.3) is 11.0 Å². The third-order valence-corrected chi connectivity index (χ3v) is 2.91. The van der Waals surface area contributed by atoms with Gasteiger partial charge in [-0.2, -0.15) is 0 Å². The fraction of sp³-hybridized carbons (Fsp3) is 0.333. The van der Waals surface area contributed by atoms with Gasteiger partial charge in [0, 0.05) is 16.5 Å². The van der Waals surface area contributed by atoms with E-state index < -0.39 is 0 Å². The van der Waals surface area contributed by atoms with Gasteiger partial charge in [0.25, 0.3) is 0 Å². The van der Waals surface area contributed by atoms with Crippen molar-refractivity contribution in [2.24, 2.45) is 0 Å². The van der Waals surface area contributed by atoms with Crippen molar-refractivity contribution in [2.45, 2.75) is 25.4 Å². The first-order chi connectivity index (χ1) is 7.31. The Morgan fingerprint density at radius 3 is 3.00 bits per heavy atom. The van der Waals surface area contributed by atoms with Gasteiger partial charge in [-0.3, -0.25) is 0 Å². The van der Waals surface area contributed by atoms with Crippen LogP contribution in [-0.4, -0.2) is 6.04 Å². The average molecular weight is 222 g/mol. The number of nitrogens with one attached hydrogen (secondary N) is 1. The maximum Gasteiger partial charge on any atom is 0.134 e. The first-order valence-corrected chi connectivity index (χ1v) is 5.60. The van der Waals surface area contributed by atoms with Gasteiger partial charge >= 0.3 is 0 Å². The van der Waals surface area contributed by atoms with Crippen molar-refractivity contribution in [3.8, 4) is 0 Å². The molecule has 1 aromatic carbocycles. The molecule has 1 N–H and O–H groups in total. The first kappa shape index (κ1) is 9.25. The molecular formula is C12H12ClNO. The largest absolute Gasteiger partial charge is 0.460 e. The second kappa shape index (κ2) is 3.54. The zero-order chi connectivity index (χ0) is 10.3. The standard InChI is InChI=1S/C12H12ClNO/c13-9-1-4-12-8(5-9)6-11(15-12)7-14-10-2-3-10/h1,4-6,10,14H,2-3,7H2. The highest BCUT2D eigenvalue weighted by molar-refractivity contribution is 6.31. The fourth-order valence-corrected chi connectivity index (χ4v) is 1.87. The summed E-state index contributed by atoms with van der Waals surface area (Å²) in [6, 6.07) is 8.46. The normalized spacial score (nSPS) is 16.1. The lowest BCUT2D eigenvalue weighted by Crippen LogP contribution is -2.14. The maximum absolute atomic E-state index is 5.91. The summed E-state index contributed by atoms with van der Waals surface area (Å²) < 4.78 is 5.68. The highest BCUT2D eigenvalue weighted by atomic mass is 35.5. The molecule has 2 aromatic rings. The summed E-state index contributed by atoms with van der Waals surface area (Å²) in [6.07, 6.45) is 2.60. The van der Waals surface area contributed by atoms with E-state index in [0.717, 1.165) is 28.3 Å². The molecule has 0 radical (unpaired) electrons. The van der Waals surface area contributed by atoms with Crippen molar-refractivity contribution in [2.75, 3.05) is 0 Å². The monoisotopic (exact) mass is 221 g/mol. The number of hydrogen-bond donors (Lipinski definition) is 1. The van der Waals surface area contributed by atoms with Crippen LogP contribution in [0.4, 0.5) is 0 Å². The molecule has 0 spiro atoms. The van der Waals surface area contributed by atoms with Crippen LogP contribution in [-0.2, 0) is 6.54 Å². The summed E-state index contributed by atoms with van der Waals surface area (Å²) in [6.45, 7) is 0.816. The van der Waals surface area contributed by atoms with Crippen LogP contribution in [0.1, 0.15) is 18.6 Å². The van der Waals surface area contributed by atoms with Crippen LogP contribution in [0.15, 0.2) is 28.7 Å². The summed E-state index contributed by atoms with van der Waals surface area (Å²) in [5.41, 5.74) is 0.909. The minimum Gasteiger partial charge on any atom is -0.460 e. The molecular weight excluding hydrogens is 210 g/mol. The molecule has 1 heterocycles. The lowest BCUT2D eigenvalue weighted by atomic mass is 10.2. The van der Waals surface area contributed by atoms with E-state index in [1.807, 2.05) is 18.2 Å². The van der Waals surface area contributed by atoms with E-state index in [9.17, 15) is 0 Å². The zero-order valence-corrected chi connectivity index (χ0v) is 9.05. The minimum absolute atomic E-state index is 0.710. The van der Waals surface area contributed by atoms with Gasteiger partial charge in [-0.05, 0) is 37.1 Å². The van der Waals surface area contributed by atoms with Gasteiger partial charge in [0.05, 0.1) is 6.54 Å². The molecule has 1 fully saturated rings. The van der Waals surface area contributed by atoms with Crippen molar-refractivity contribution in [3.63, 3.8) is 0 Å². The third-order valence-electron chi connectivity index (χ3n) is 2.67. The van der Waals surface area contributed by atoms with Crippen LogP contribution in [0, 0.1) is 0 Å². The van der Waals surface area contributed by atoms with Gasteiger partial charge in [0.1, 0.15) is 11.3 Å². The summed E-state index contributed by atoms with van der Waals surface area (Å²) >= 11 is 5.91. The average Bonchev–Trinajstić information content (AvgIpc) is 2.95. The van der Waals surface area contributed by atoms with Crippen molar-refractivity contribution in [1.82, 2.24) is 5.32 Å². The van der Waals surface area contributed by atoms with E-state index in [0.29, 0.717) is 6.04 Å². The predicted octanol–water partition coefficient (Wildman–Crippen LogP) is 3.34. The molecule has 3 heteroatoms. The molecule has 0 atom stereocenters. The quantitative estimate of drug-likeness (QED) is 0.860. The van der Waals surface area contributed by atoms with Crippen LogP contribution < -0.4 is 5.32 Å². The van der Waals surface area contributed by atoms with E-state index in [1.54, 1.807) is 0 Å². The molecule has 2 nitrogen and oxygen atoms in total. The molecule has 15 heavy (non-hydrogen) atoms. The van der Waals surface area contributed by atoms with E-state index in [4.69, 9.17) is 16.0 Å². The molecule has 0 aliphatic heterocycles. The summed E-state index contributed by atoms with van der Waals surface area (Å²) in [7, 11) is 0. The van der Waals surface area contributed by atoms with Crippen LogP contribution in [0.5, 0.6) is 0 Å². The topological polar surface area (TPSA) is 25.2 Å². The molecule has 78 valence electrons. The lowest BCUT2D eigenvalue weighted by Gasteiger charge is -1.96. The number of halogens is 1. The molecule has 3 rings (SSSR count). The Balaban J connectivity index is 1.84. The van der Waals surface area contributed by atoms with Gasteiger partial charge in [-0.1, -0.05) is 11.6 Å². The smallest absolute Gasteiger partial charge is 0.134 e. The minimum atomic E-state index is 0.710. The van der Waals surface area contributed by atoms with E-state index in [-0.39, 0.29) is 0 Å². The number of hydrogen-bond acceptors (Lipinski definition) is 2. The molecule has 0 unspecified atom stereocenters. The number of rotatable bonds is 3. The number of benzene rings is 1. The number of furan rings is 1. The molecule has 1 aromatic heterocycles. The van der Waals surface area contributed by atoms with Gasteiger partial charge in [0.15, 0.2) is 0 Å². The van der Waals surface area contributed by atoms with Gasteiger partial charge in [-0.25, -0.2) is 0 Å². The molecule has 1 aliphatic rings. The highest BCUT2D eigenvalue weighted by Gasteiger charge is 2.20.